The summed E-state index contributed by atoms with van der Waals surface area (Å²) in [7, 11) is 0. The number of anilines is 1. The lowest BCUT2D eigenvalue weighted by molar-refractivity contribution is 0.0211. The molecule has 1 atom stereocenters. The van der Waals surface area contributed by atoms with E-state index >= 15 is 0 Å². The molecule has 0 radical (unpaired) electrons. The fourth-order valence-corrected chi connectivity index (χ4v) is 2.49. The zero-order valence-corrected chi connectivity index (χ0v) is 14.1. The molecule has 4 nitrogen and oxygen atoms in total. The lowest BCUT2D eigenvalue weighted by Gasteiger charge is -2.30. The van der Waals surface area contributed by atoms with Crippen LogP contribution in [0.25, 0.3) is 0 Å². The molecule has 1 heterocycles. The van der Waals surface area contributed by atoms with E-state index in [0.717, 1.165) is 11.3 Å². The highest BCUT2D eigenvalue weighted by Crippen LogP contribution is 2.27. The number of hydrogen-bond donors (Lipinski definition) is 1. The lowest BCUT2D eigenvalue weighted by Crippen LogP contribution is -2.45. The van der Waals surface area contributed by atoms with Gasteiger partial charge >= 0.3 is 6.09 Å². The number of amides is 1. The molecule has 114 valence electrons. The van der Waals surface area contributed by atoms with Crippen molar-refractivity contribution < 1.29 is 9.53 Å². The Bertz CT molecular complexity index is 584. The molecule has 0 aliphatic carbocycles. The largest absolute Gasteiger partial charge is 0.444 e. The van der Waals surface area contributed by atoms with Gasteiger partial charge in [0.25, 0.3) is 0 Å². The number of carbonyl (C=O) groups excluding carboxylic acids is 1. The second-order valence-corrected chi connectivity index (χ2v) is 6.95. The van der Waals surface area contributed by atoms with Gasteiger partial charge in [-0.1, -0.05) is 23.8 Å². The van der Waals surface area contributed by atoms with Crippen LogP contribution in [0, 0.1) is 0 Å². The van der Waals surface area contributed by atoms with Crippen molar-refractivity contribution in [3.05, 3.63) is 28.8 Å². The van der Waals surface area contributed by atoms with Crippen LogP contribution in [-0.4, -0.2) is 27.6 Å². The number of nitrogens with one attached hydrogen (secondary N) is 1. The van der Waals surface area contributed by atoms with E-state index in [-0.39, 0.29) is 12.1 Å². The molecule has 0 fully saturated rings. The first-order chi connectivity index (χ1) is 9.67. The highest BCUT2D eigenvalue weighted by Gasteiger charge is 2.31. The SMILES string of the molecule is CC1C(=S)Nc2ccc(Cl)cc2CN1C(=O)OC(C)(C)C. The van der Waals surface area contributed by atoms with Crippen LogP contribution >= 0.6 is 23.8 Å². The molecule has 0 saturated heterocycles. The van der Waals surface area contributed by atoms with Crippen molar-refractivity contribution in [2.24, 2.45) is 0 Å². The maximum atomic E-state index is 12.4. The summed E-state index contributed by atoms with van der Waals surface area (Å²) in [5.74, 6) is 0. The van der Waals surface area contributed by atoms with E-state index in [4.69, 9.17) is 28.6 Å². The van der Waals surface area contributed by atoms with Gasteiger partial charge < -0.3 is 10.1 Å². The summed E-state index contributed by atoms with van der Waals surface area (Å²) in [6.07, 6.45) is -0.382. The molecular weight excluding hydrogens is 308 g/mol. The van der Waals surface area contributed by atoms with E-state index < -0.39 is 5.60 Å². The number of ether oxygens (including phenoxy) is 1. The van der Waals surface area contributed by atoms with Gasteiger partial charge in [0.2, 0.25) is 0 Å². The van der Waals surface area contributed by atoms with Crippen LogP contribution in [0.2, 0.25) is 5.02 Å². The van der Waals surface area contributed by atoms with Gasteiger partial charge in [-0.3, -0.25) is 4.90 Å². The normalized spacial score (nSPS) is 18.6. The van der Waals surface area contributed by atoms with Gasteiger partial charge in [-0.05, 0) is 51.5 Å². The van der Waals surface area contributed by atoms with Crippen molar-refractivity contribution in [1.29, 1.82) is 0 Å². The first-order valence-corrected chi connectivity index (χ1v) is 7.55. The van der Waals surface area contributed by atoms with Crippen LogP contribution in [0.5, 0.6) is 0 Å². The highest BCUT2D eigenvalue weighted by atomic mass is 35.5. The second-order valence-electron chi connectivity index (χ2n) is 6.07. The minimum absolute atomic E-state index is 0.249. The smallest absolute Gasteiger partial charge is 0.411 e. The Hall–Kier alpha value is -1.33. The van der Waals surface area contributed by atoms with E-state index in [1.807, 2.05) is 39.8 Å². The third kappa shape index (κ3) is 3.86. The van der Waals surface area contributed by atoms with Gasteiger partial charge in [-0.15, -0.1) is 0 Å². The van der Waals surface area contributed by atoms with Crippen LogP contribution in [0.1, 0.15) is 33.3 Å². The number of thiocarbonyl (C=S) groups is 1. The number of hydrogen-bond acceptors (Lipinski definition) is 3. The third-order valence-electron chi connectivity index (χ3n) is 3.14. The molecule has 0 spiro atoms. The standard InChI is InChI=1S/C15H19ClN2O2S/c1-9-13(21)17-12-6-5-11(16)7-10(12)8-18(9)14(19)20-15(2,3)4/h5-7,9H,8H2,1-4H3,(H,17,21). The number of carbonyl (C=O) groups is 1. The zero-order valence-electron chi connectivity index (χ0n) is 12.6. The fourth-order valence-electron chi connectivity index (χ4n) is 2.06. The molecule has 21 heavy (non-hydrogen) atoms. The van der Waals surface area contributed by atoms with Crippen LogP contribution in [0.3, 0.4) is 0 Å². The Morgan fingerprint density at radius 2 is 2.14 bits per heavy atom. The van der Waals surface area contributed by atoms with E-state index in [9.17, 15) is 4.79 Å². The predicted molar refractivity (Wildman–Crippen MR) is 88.9 cm³/mol. The van der Waals surface area contributed by atoms with E-state index in [0.29, 0.717) is 16.6 Å². The molecule has 0 aromatic heterocycles. The number of fused-ring (bicyclic) bond motifs is 1. The Balaban J connectivity index is 2.33. The van der Waals surface area contributed by atoms with Crippen molar-refractivity contribution in [2.75, 3.05) is 5.32 Å². The van der Waals surface area contributed by atoms with Crippen LogP contribution in [0.4, 0.5) is 10.5 Å². The molecule has 0 saturated carbocycles. The quantitative estimate of drug-likeness (QED) is 0.725. The van der Waals surface area contributed by atoms with Crippen molar-refractivity contribution in [1.82, 2.24) is 4.90 Å². The summed E-state index contributed by atoms with van der Waals surface area (Å²) in [4.78, 5) is 14.6. The summed E-state index contributed by atoms with van der Waals surface area (Å²) in [5, 5.41) is 3.80. The van der Waals surface area contributed by atoms with Gasteiger partial charge in [-0.25, -0.2) is 4.79 Å². The first kappa shape index (κ1) is 16.0. The summed E-state index contributed by atoms with van der Waals surface area (Å²) < 4.78 is 5.46. The summed E-state index contributed by atoms with van der Waals surface area (Å²) >= 11 is 11.4. The topological polar surface area (TPSA) is 41.6 Å². The molecule has 1 aromatic rings. The molecular formula is C15H19ClN2O2S. The Morgan fingerprint density at radius 3 is 2.76 bits per heavy atom. The van der Waals surface area contributed by atoms with Crippen LogP contribution in [-0.2, 0) is 11.3 Å². The minimum atomic E-state index is -0.546. The average Bonchev–Trinajstić information content (AvgIpc) is 2.46. The molecule has 0 bridgehead atoms. The summed E-state index contributed by atoms with van der Waals surface area (Å²) in [6.45, 7) is 7.81. The maximum Gasteiger partial charge on any atom is 0.411 e. The van der Waals surface area contributed by atoms with Crippen molar-refractivity contribution >= 4 is 40.6 Å². The Labute approximate surface area is 135 Å². The van der Waals surface area contributed by atoms with Crippen LogP contribution in [0.15, 0.2) is 18.2 Å². The minimum Gasteiger partial charge on any atom is -0.444 e. The van der Waals surface area contributed by atoms with E-state index in [1.54, 1.807) is 11.0 Å². The molecule has 1 aliphatic heterocycles. The number of nitrogens with zero attached hydrogens (tertiary/aromatic N) is 1. The molecule has 1 aromatic carbocycles. The molecule has 1 amide bonds. The van der Waals surface area contributed by atoms with E-state index in [2.05, 4.69) is 5.32 Å². The van der Waals surface area contributed by atoms with Crippen molar-refractivity contribution in [3.63, 3.8) is 0 Å². The first-order valence-electron chi connectivity index (χ1n) is 6.76. The fraction of sp³-hybridized carbons (Fsp3) is 0.467. The predicted octanol–water partition coefficient (Wildman–Crippen LogP) is 4.22. The Kier molecular flexibility index (Phi) is 4.44. The number of benzene rings is 1. The van der Waals surface area contributed by atoms with Crippen molar-refractivity contribution in [2.45, 2.75) is 45.9 Å². The highest BCUT2D eigenvalue weighted by molar-refractivity contribution is 7.80. The number of rotatable bonds is 0. The van der Waals surface area contributed by atoms with Gasteiger partial charge in [-0.2, -0.15) is 0 Å². The van der Waals surface area contributed by atoms with E-state index in [1.165, 1.54) is 0 Å². The monoisotopic (exact) mass is 326 g/mol. The molecule has 1 N–H and O–H groups in total. The molecule has 6 heteroatoms. The number of halogens is 1. The zero-order chi connectivity index (χ0) is 15.8. The lowest BCUT2D eigenvalue weighted by atomic mass is 10.1. The molecule has 1 aliphatic rings. The van der Waals surface area contributed by atoms with Gasteiger partial charge in [0, 0.05) is 10.7 Å². The molecule has 2 rings (SSSR count). The van der Waals surface area contributed by atoms with Gasteiger partial charge in [0.1, 0.15) is 10.6 Å². The van der Waals surface area contributed by atoms with Crippen LogP contribution < -0.4 is 5.32 Å². The third-order valence-corrected chi connectivity index (χ3v) is 3.82. The maximum absolute atomic E-state index is 12.4. The summed E-state index contributed by atoms with van der Waals surface area (Å²) in [5.41, 5.74) is 1.25. The second kappa shape index (κ2) is 5.81. The van der Waals surface area contributed by atoms with Gasteiger partial charge in [0.05, 0.1) is 12.6 Å². The van der Waals surface area contributed by atoms with Gasteiger partial charge in [0.15, 0.2) is 0 Å². The average molecular weight is 327 g/mol. The van der Waals surface area contributed by atoms with Crippen molar-refractivity contribution in [3.8, 4) is 0 Å². The molecule has 1 unspecified atom stereocenters. The summed E-state index contributed by atoms with van der Waals surface area (Å²) in [6, 6.07) is 5.25. The Morgan fingerprint density at radius 1 is 1.48 bits per heavy atom.